The third kappa shape index (κ3) is 2.86. The molecule has 3 rings (SSSR count). The fourth-order valence-corrected chi connectivity index (χ4v) is 2.74. The van der Waals surface area contributed by atoms with Crippen LogP contribution in [0.1, 0.15) is 40.6 Å². The van der Waals surface area contributed by atoms with Crippen molar-refractivity contribution in [1.82, 2.24) is 20.1 Å². The molecule has 0 aliphatic carbocycles. The fourth-order valence-electron chi connectivity index (χ4n) is 2.74. The predicted octanol–water partition coefficient (Wildman–Crippen LogP) is 2.78. The number of piperidine rings is 1. The van der Waals surface area contributed by atoms with Crippen LogP contribution in [0.5, 0.6) is 0 Å². The first-order chi connectivity index (χ1) is 10.4. The van der Waals surface area contributed by atoms with Crippen LogP contribution in [0.25, 0.3) is 0 Å². The van der Waals surface area contributed by atoms with Crippen molar-refractivity contribution in [1.29, 1.82) is 0 Å². The van der Waals surface area contributed by atoms with E-state index in [-0.39, 0.29) is 11.8 Å². The SMILES string of the molecule is O=C(c1ccc[nH]1)N1CCC[C@H](c2cc(C(F)(F)F)n[nH]2)C1. The molecule has 1 amide bonds. The van der Waals surface area contributed by atoms with Crippen molar-refractivity contribution < 1.29 is 18.0 Å². The van der Waals surface area contributed by atoms with Crippen molar-refractivity contribution in [2.75, 3.05) is 13.1 Å². The summed E-state index contributed by atoms with van der Waals surface area (Å²) in [5.41, 5.74) is -0.00660. The number of halogens is 3. The van der Waals surface area contributed by atoms with Crippen molar-refractivity contribution >= 4 is 5.91 Å². The van der Waals surface area contributed by atoms with Gasteiger partial charge in [0.1, 0.15) is 5.69 Å². The van der Waals surface area contributed by atoms with Crippen molar-refractivity contribution in [2.24, 2.45) is 0 Å². The lowest BCUT2D eigenvalue weighted by molar-refractivity contribution is -0.141. The highest BCUT2D eigenvalue weighted by atomic mass is 19.4. The summed E-state index contributed by atoms with van der Waals surface area (Å²) in [6.07, 6.45) is -1.31. The van der Waals surface area contributed by atoms with Gasteiger partial charge in [-0.25, -0.2) is 0 Å². The highest BCUT2D eigenvalue weighted by Crippen LogP contribution is 2.32. The minimum Gasteiger partial charge on any atom is -0.357 e. The maximum atomic E-state index is 12.6. The summed E-state index contributed by atoms with van der Waals surface area (Å²) in [7, 11) is 0. The monoisotopic (exact) mass is 312 g/mol. The van der Waals surface area contributed by atoms with Crippen molar-refractivity contribution in [3.8, 4) is 0 Å². The molecule has 0 aromatic carbocycles. The summed E-state index contributed by atoms with van der Waals surface area (Å²) in [5, 5.41) is 5.78. The van der Waals surface area contributed by atoms with Crippen LogP contribution in [0.4, 0.5) is 13.2 Å². The molecule has 0 spiro atoms. The van der Waals surface area contributed by atoms with Crippen molar-refractivity contribution in [2.45, 2.75) is 24.9 Å². The van der Waals surface area contributed by atoms with Crippen LogP contribution in [0.2, 0.25) is 0 Å². The van der Waals surface area contributed by atoms with Gasteiger partial charge in [-0.1, -0.05) is 0 Å². The number of likely N-dealkylation sites (tertiary alicyclic amines) is 1. The van der Waals surface area contributed by atoms with Gasteiger partial charge in [0.15, 0.2) is 5.69 Å². The zero-order valence-corrected chi connectivity index (χ0v) is 11.7. The quantitative estimate of drug-likeness (QED) is 0.895. The Balaban J connectivity index is 1.73. The Bertz CT molecular complexity index is 647. The zero-order valence-electron chi connectivity index (χ0n) is 11.7. The van der Waals surface area contributed by atoms with E-state index >= 15 is 0 Å². The number of nitrogens with zero attached hydrogens (tertiary/aromatic N) is 2. The second-order valence-corrected chi connectivity index (χ2v) is 5.38. The van der Waals surface area contributed by atoms with E-state index in [9.17, 15) is 18.0 Å². The van der Waals surface area contributed by atoms with Crippen LogP contribution in [-0.2, 0) is 6.18 Å². The number of H-pyrrole nitrogens is 2. The Morgan fingerprint density at radius 2 is 2.23 bits per heavy atom. The first kappa shape index (κ1) is 14.7. The molecule has 1 aliphatic heterocycles. The first-order valence-electron chi connectivity index (χ1n) is 7.00. The number of rotatable bonds is 2. The Morgan fingerprint density at radius 3 is 2.86 bits per heavy atom. The van der Waals surface area contributed by atoms with E-state index in [0.717, 1.165) is 18.9 Å². The van der Waals surface area contributed by atoms with E-state index in [2.05, 4.69) is 15.2 Å². The van der Waals surface area contributed by atoms with Gasteiger partial charge in [0.25, 0.3) is 5.91 Å². The summed E-state index contributed by atoms with van der Waals surface area (Å²) in [6, 6.07) is 4.45. The number of hydrogen-bond donors (Lipinski definition) is 2. The van der Waals surface area contributed by atoms with Gasteiger partial charge in [0.05, 0.1) is 0 Å². The zero-order chi connectivity index (χ0) is 15.7. The van der Waals surface area contributed by atoms with Crippen LogP contribution in [-0.4, -0.2) is 39.1 Å². The summed E-state index contributed by atoms with van der Waals surface area (Å²) in [6.45, 7) is 0.992. The molecule has 2 aromatic heterocycles. The van der Waals surface area contributed by atoms with Crippen LogP contribution in [0.15, 0.2) is 24.4 Å². The molecule has 1 atom stereocenters. The van der Waals surface area contributed by atoms with Crippen LogP contribution >= 0.6 is 0 Å². The summed E-state index contributed by atoms with van der Waals surface area (Å²) in [4.78, 5) is 16.8. The minimum absolute atomic E-state index is 0.134. The molecule has 1 fully saturated rings. The Labute approximate surface area is 124 Å². The topological polar surface area (TPSA) is 64.8 Å². The molecule has 0 unspecified atom stereocenters. The van der Waals surface area contributed by atoms with Gasteiger partial charge < -0.3 is 9.88 Å². The van der Waals surface area contributed by atoms with E-state index in [1.807, 2.05) is 0 Å². The number of carbonyl (C=O) groups excluding carboxylic acids is 1. The molecule has 0 saturated carbocycles. The average molecular weight is 312 g/mol. The molecule has 0 radical (unpaired) electrons. The molecule has 0 bridgehead atoms. The minimum atomic E-state index is -4.46. The normalized spacial score (nSPS) is 19.4. The van der Waals surface area contributed by atoms with Gasteiger partial charge in [-0.2, -0.15) is 18.3 Å². The summed E-state index contributed by atoms with van der Waals surface area (Å²) in [5.74, 6) is -0.290. The maximum absolute atomic E-state index is 12.6. The number of carbonyl (C=O) groups is 1. The molecule has 1 saturated heterocycles. The van der Waals surface area contributed by atoms with Gasteiger partial charge in [0, 0.05) is 30.9 Å². The highest BCUT2D eigenvalue weighted by molar-refractivity contribution is 5.92. The first-order valence-corrected chi connectivity index (χ1v) is 7.00. The van der Waals surface area contributed by atoms with Gasteiger partial charge in [-0.05, 0) is 31.0 Å². The number of aromatic nitrogens is 3. The molecule has 22 heavy (non-hydrogen) atoms. The molecular weight excluding hydrogens is 297 g/mol. The Morgan fingerprint density at radius 1 is 1.41 bits per heavy atom. The van der Waals surface area contributed by atoms with Gasteiger partial charge >= 0.3 is 6.18 Å². The maximum Gasteiger partial charge on any atom is 0.435 e. The standard InChI is InChI=1S/C14H15F3N4O/c15-14(16,17)12-7-11(19-20-12)9-3-2-6-21(8-9)13(22)10-4-1-5-18-10/h1,4-5,7,9,18H,2-3,6,8H2,(H,19,20)/t9-/m0/s1. The number of amides is 1. The molecule has 118 valence electrons. The molecule has 8 heteroatoms. The Hall–Kier alpha value is -2.25. The average Bonchev–Trinajstić information content (AvgIpc) is 3.17. The van der Waals surface area contributed by atoms with Crippen LogP contribution in [0.3, 0.4) is 0 Å². The van der Waals surface area contributed by atoms with Gasteiger partial charge in [-0.15, -0.1) is 0 Å². The van der Waals surface area contributed by atoms with Crippen molar-refractivity contribution in [3.05, 3.63) is 41.5 Å². The number of aromatic amines is 2. The second kappa shape index (κ2) is 5.51. The molecule has 2 aromatic rings. The fraction of sp³-hybridized carbons (Fsp3) is 0.429. The van der Waals surface area contributed by atoms with E-state index in [4.69, 9.17) is 0 Å². The van der Waals surface area contributed by atoms with Gasteiger partial charge in [0.2, 0.25) is 0 Å². The third-order valence-electron chi connectivity index (χ3n) is 3.86. The molecule has 5 nitrogen and oxygen atoms in total. The smallest absolute Gasteiger partial charge is 0.357 e. The van der Waals surface area contributed by atoms with Crippen LogP contribution in [0, 0.1) is 0 Å². The van der Waals surface area contributed by atoms with E-state index < -0.39 is 11.9 Å². The van der Waals surface area contributed by atoms with Gasteiger partial charge in [-0.3, -0.25) is 9.89 Å². The number of alkyl halides is 3. The highest BCUT2D eigenvalue weighted by Gasteiger charge is 2.35. The van der Waals surface area contributed by atoms with E-state index in [1.54, 1.807) is 23.2 Å². The second-order valence-electron chi connectivity index (χ2n) is 5.38. The molecule has 3 heterocycles. The number of hydrogen-bond acceptors (Lipinski definition) is 2. The Kier molecular flexibility index (Phi) is 3.67. The predicted molar refractivity (Wildman–Crippen MR) is 72.3 cm³/mol. The lowest BCUT2D eigenvalue weighted by Crippen LogP contribution is -2.39. The van der Waals surface area contributed by atoms with E-state index in [1.165, 1.54) is 0 Å². The lowest BCUT2D eigenvalue weighted by Gasteiger charge is -2.32. The van der Waals surface area contributed by atoms with Crippen LogP contribution < -0.4 is 0 Å². The van der Waals surface area contributed by atoms with Crippen molar-refractivity contribution in [3.63, 3.8) is 0 Å². The summed E-state index contributed by atoms with van der Waals surface area (Å²) < 4.78 is 37.8. The third-order valence-corrected chi connectivity index (χ3v) is 3.86. The lowest BCUT2D eigenvalue weighted by atomic mass is 9.94. The molecule has 1 aliphatic rings. The summed E-state index contributed by atoms with van der Waals surface area (Å²) >= 11 is 0. The van der Waals surface area contributed by atoms with E-state index in [0.29, 0.717) is 24.5 Å². The largest absolute Gasteiger partial charge is 0.435 e. The number of nitrogens with one attached hydrogen (secondary N) is 2. The molecule has 2 N–H and O–H groups in total. The molecular formula is C14H15F3N4O.